The first-order valence-corrected chi connectivity index (χ1v) is 10.9. The standard InChI is InChI=1S/C23H24N3O2S/c24-23(25)20-9-5-8-18(16-20)7-2-1-6-17-12-14-19(15-13-17)21-10-3-4-11-22(21)29(26,27)28/h2-5,8-16H,1,6-7H2,(H3,24,25)(H2,26,27,28). The van der Waals surface area contributed by atoms with Crippen LogP contribution in [0.2, 0.25) is 0 Å². The van der Waals surface area contributed by atoms with Crippen LogP contribution < -0.4 is 10.9 Å². The highest BCUT2D eigenvalue weighted by Gasteiger charge is 2.14. The van der Waals surface area contributed by atoms with Crippen LogP contribution in [0.25, 0.3) is 11.1 Å². The van der Waals surface area contributed by atoms with Gasteiger partial charge in [0, 0.05) is 11.1 Å². The van der Waals surface area contributed by atoms with E-state index in [0.717, 1.165) is 36.0 Å². The molecule has 3 aromatic carbocycles. The maximum atomic E-state index is 11.8. The molecule has 0 heterocycles. The van der Waals surface area contributed by atoms with Crippen LogP contribution in [0, 0.1) is 11.8 Å². The van der Waals surface area contributed by atoms with Gasteiger partial charge in [-0.1, -0.05) is 60.7 Å². The summed E-state index contributed by atoms with van der Waals surface area (Å²) in [6, 6.07) is 22.3. The van der Waals surface area contributed by atoms with Gasteiger partial charge in [0.2, 0.25) is 10.0 Å². The Hall–Kier alpha value is -2.96. The molecule has 0 amide bonds. The van der Waals surface area contributed by atoms with Crippen LogP contribution in [0.15, 0.2) is 77.7 Å². The predicted octanol–water partition coefficient (Wildman–Crippen LogP) is 3.66. The fourth-order valence-corrected chi connectivity index (χ4v) is 3.97. The molecule has 0 unspecified atom stereocenters. The van der Waals surface area contributed by atoms with Gasteiger partial charge in [-0.05, 0) is 54.5 Å². The number of primary sulfonamides is 1. The van der Waals surface area contributed by atoms with Gasteiger partial charge in [0.15, 0.2) is 0 Å². The number of benzene rings is 3. The summed E-state index contributed by atoms with van der Waals surface area (Å²) < 4.78 is 23.6. The summed E-state index contributed by atoms with van der Waals surface area (Å²) in [5.74, 6) is 0.0796. The average molecular weight is 407 g/mol. The fourth-order valence-electron chi connectivity index (χ4n) is 3.21. The molecule has 0 bridgehead atoms. The highest BCUT2D eigenvalue weighted by atomic mass is 32.2. The Morgan fingerprint density at radius 2 is 1.66 bits per heavy atom. The van der Waals surface area contributed by atoms with Crippen LogP contribution in [0.1, 0.15) is 23.1 Å². The minimum Gasteiger partial charge on any atom is -0.384 e. The quantitative estimate of drug-likeness (QED) is 0.301. The van der Waals surface area contributed by atoms with Gasteiger partial charge in [-0.15, -0.1) is 0 Å². The lowest BCUT2D eigenvalue weighted by Gasteiger charge is -2.09. The first kappa shape index (κ1) is 20.8. The van der Waals surface area contributed by atoms with E-state index in [4.69, 9.17) is 16.3 Å². The number of hydrogen-bond acceptors (Lipinski definition) is 3. The molecule has 5 nitrogen and oxygen atoms in total. The lowest BCUT2D eigenvalue weighted by Crippen LogP contribution is -2.13. The van der Waals surface area contributed by atoms with Crippen molar-refractivity contribution in [2.45, 2.75) is 24.2 Å². The second-order valence-electron chi connectivity index (χ2n) is 6.88. The Balaban J connectivity index is 1.60. The number of nitrogens with one attached hydrogen (secondary N) is 1. The zero-order valence-corrected chi connectivity index (χ0v) is 16.8. The van der Waals surface area contributed by atoms with Crippen molar-refractivity contribution < 1.29 is 8.42 Å². The van der Waals surface area contributed by atoms with Crippen molar-refractivity contribution in [1.29, 1.82) is 5.41 Å². The third-order valence-electron chi connectivity index (χ3n) is 4.71. The number of rotatable bonds is 8. The van der Waals surface area contributed by atoms with Gasteiger partial charge >= 0.3 is 0 Å². The Morgan fingerprint density at radius 1 is 0.931 bits per heavy atom. The number of nitrogen functional groups attached to an aromatic ring is 1. The number of nitrogens with two attached hydrogens (primary N) is 2. The maximum Gasteiger partial charge on any atom is 0.238 e. The van der Waals surface area contributed by atoms with E-state index in [1.807, 2.05) is 48.5 Å². The first-order valence-electron chi connectivity index (χ1n) is 9.31. The molecular formula is C23H24N3O2S. The second-order valence-corrected chi connectivity index (χ2v) is 8.41. The first-order chi connectivity index (χ1) is 13.8. The highest BCUT2D eigenvalue weighted by Crippen LogP contribution is 2.27. The number of unbranched alkanes of at least 4 members (excludes halogenated alkanes) is 1. The molecule has 3 aromatic rings. The summed E-state index contributed by atoms with van der Waals surface area (Å²) in [6.07, 6.45) is 4.84. The SMILES string of the molecule is N=C(N)c1cccc(C[CH]CCc2ccc(-c3ccccc3S(N)(=O)=O)cc2)c1. The van der Waals surface area contributed by atoms with Crippen molar-refractivity contribution in [3.8, 4) is 11.1 Å². The zero-order valence-electron chi connectivity index (χ0n) is 16.0. The molecule has 0 saturated heterocycles. The molecular weight excluding hydrogens is 382 g/mol. The van der Waals surface area contributed by atoms with Gasteiger partial charge in [0.1, 0.15) is 5.84 Å². The van der Waals surface area contributed by atoms with Crippen LogP contribution >= 0.6 is 0 Å². The molecule has 6 heteroatoms. The van der Waals surface area contributed by atoms with Crippen LogP contribution in [0.4, 0.5) is 0 Å². The summed E-state index contributed by atoms with van der Waals surface area (Å²) >= 11 is 0. The van der Waals surface area contributed by atoms with E-state index in [-0.39, 0.29) is 10.7 Å². The molecule has 0 atom stereocenters. The fraction of sp³-hybridized carbons (Fsp3) is 0.130. The Labute approximate surface area is 171 Å². The molecule has 0 aromatic heterocycles. The smallest absolute Gasteiger partial charge is 0.238 e. The van der Waals surface area contributed by atoms with Crippen LogP contribution in [0.5, 0.6) is 0 Å². The van der Waals surface area contributed by atoms with E-state index in [0.29, 0.717) is 5.56 Å². The Kier molecular flexibility index (Phi) is 6.46. The largest absolute Gasteiger partial charge is 0.384 e. The normalized spacial score (nSPS) is 11.3. The lowest BCUT2D eigenvalue weighted by atomic mass is 10.00. The molecule has 0 spiro atoms. The molecule has 5 N–H and O–H groups in total. The number of amidine groups is 1. The molecule has 0 fully saturated rings. The average Bonchev–Trinajstić information content (AvgIpc) is 2.71. The van der Waals surface area contributed by atoms with E-state index in [1.54, 1.807) is 18.2 Å². The van der Waals surface area contributed by atoms with Gasteiger partial charge in [-0.2, -0.15) is 0 Å². The minimum absolute atomic E-state index is 0.0796. The molecule has 149 valence electrons. The lowest BCUT2D eigenvalue weighted by molar-refractivity contribution is 0.598. The van der Waals surface area contributed by atoms with Gasteiger partial charge in [0.25, 0.3) is 0 Å². The van der Waals surface area contributed by atoms with Crippen molar-refractivity contribution in [2.75, 3.05) is 0 Å². The van der Waals surface area contributed by atoms with Crippen molar-refractivity contribution in [3.05, 3.63) is 95.9 Å². The Bertz CT molecular complexity index is 1110. The number of sulfonamides is 1. The molecule has 0 saturated carbocycles. The third-order valence-corrected chi connectivity index (χ3v) is 5.68. The highest BCUT2D eigenvalue weighted by molar-refractivity contribution is 7.89. The van der Waals surface area contributed by atoms with E-state index >= 15 is 0 Å². The van der Waals surface area contributed by atoms with E-state index in [9.17, 15) is 8.42 Å². The van der Waals surface area contributed by atoms with Crippen molar-refractivity contribution in [3.63, 3.8) is 0 Å². The number of aryl methyl sites for hydroxylation is 1. The van der Waals surface area contributed by atoms with Crippen molar-refractivity contribution in [2.24, 2.45) is 10.9 Å². The predicted molar refractivity (Wildman–Crippen MR) is 117 cm³/mol. The summed E-state index contributed by atoms with van der Waals surface area (Å²) in [5.41, 5.74) is 10.0. The van der Waals surface area contributed by atoms with Crippen LogP contribution in [0.3, 0.4) is 0 Å². The van der Waals surface area contributed by atoms with Crippen LogP contribution in [-0.4, -0.2) is 14.3 Å². The zero-order chi connectivity index (χ0) is 20.9. The van der Waals surface area contributed by atoms with E-state index < -0.39 is 10.0 Å². The Morgan fingerprint density at radius 3 is 2.34 bits per heavy atom. The maximum absolute atomic E-state index is 11.8. The molecule has 1 radical (unpaired) electrons. The van der Waals surface area contributed by atoms with Gasteiger partial charge < -0.3 is 5.73 Å². The van der Waals surface area contributed by atoms with Gasteiger partial charge in [-0.25, -0.2) is 13.6 Å². The summed E-state index contributed by atoms with van der Waals surface area (Å²) in [6.45, 7) is 0. The van der Waals surface area contributed by atoms with E-state index in [1.165, 1.54) is 11.6 Å². The second kappa shape index (κ2) is 9.03. The van der Waals surface area contributed by atoms with Gasteiger partial charge in [0.05, 0.1) is 4.90 Å². The third kappa shape index (κ3) is 5.53. The molecule has 3 rings (SSSR count). The van der Waals surface area contributed by atoms with Crippen LogP contribution in [-0.2, 0) is 22.9 Å². The summed E-state index contributed by atoms with van der Waals surface area (Å²) in [7, 11) is -3.77. The number of hydrogen-bond donors (Lipinski definition) is 3. The monoisotopic (exact) mass is 406 g/mol. The van der Waals surface area contributed by atoms with Crippen molar-refractivity contribution in [1.82, 2.24) is 0 Å². The molecule has 29 heavy (non-hydrogen) atoms. The van der Waals surface area contributed by atoms with Gasteiger partial charge in [-0.3, -0.25) is 5.41 Å². The summed E-state index contributed by atoms with van der Waals surface area (Å²) in [4.78, 5) is 0.133. The van der Waals surface area contributed by atoms with E-state index in [2.05, 4.69) is 6.42 Å². The topological polar surface area (TPSA) is 110 Å². The minimum atomic E-state index is -3.77. The van der Waals surface area contributed by atoms with Crippen molar-refractivity contribution >= 4 is 15.9 Å². The molecule has 0 aliphatic rings. The molecule has 0 aliphatic carbocycles. The molecule has 0 aliphatic heterocycles. The summed E-state index contributed by atoms with van der Waals surface area (Å²) in [5, 5.41) is 12.8.